The molecule has 0 radical (unpaired) electrons. The highest BCUT2D eigenvalue weighted by atomic mass is 16.6. The Morgan fingerprint density at radius 3 is 2.78 bits per heavy atom. The molecule has 2 aliphatic rings. The Hall–Kier alpha value is -2.64. The van der Waals surface area contributed by atoms with E-state index in [1.807, 2.05) is 18.2 Å². The maximum atomic E-state index is 11.5. The van der Waals surface area contributed by atoms with Gasteiger partial charge in [-0.25, -0.2) is 0 Å². The van der Waals surface area contributed by atoms with Crippen LogP contribution in [0, 0.1) is 10.1 Å². The summed E-state index contributed by atoms with van der Waals surface area (Å²) in [5.74, 6) is 0.618. The molecule has 4 rings (SSSR count). The molecule has 2 aromatic rings. The highest BCUT2D eigenvalue weighted by Crippen LogP contribution is 2.36. The van der Waals surface area contributed by atoms with Gasteiger partial charge in [0.25, 0.3) is 5.69 Å². The minimum atomic E-state index is -0.334. The average Bonchev–Trinajstić information content (AvgIpc) is 3.13. The number of nitrogens with zero attached hydrogens (tertiary/aromatic N) is 3. The summed E-state index contributed by atoms with van der Waals surface area (Å²) in [5.41, 5.74) is 1.96. The Morgan fingerprint density at radius 1 is 1.22 bits per heavy atom. The van der Waals surface area contributed by atoms with E-state index >= 15 is 0 Å². The molecule has 0 amide bonds. The highest BCUT2D eigenvalue weighted by Gasteiger charge is 2.41. The van der Waals surface area contributed by atoms with Gasteiger partial charge in [0.2, 0.25) is 0 Å². The third-order valence-corrected chi connectivity index (χ3v) is 5.36. The fourth-order valence-corrected chi connectivity index (χ4v) is 4.01. The first-order chi connectivity index (χ1) is 13.2. The van der Waals surface area contributed by atoms with Gasteiger partial charge in [0.05, 0.1) is 30.8 Å². The molecular weight excluding hydrogens is 346 g/mol. The Kier molecular flexibility index (Phi) is 4.96. The summed E-state index contributed by atoms with van der Waals surface area (Å²) < 4.78 is 11.3. The number of nitro groups is 1. The molecule has 2 fully saturated rings. The molecule has 2 heterocycles. The van der Waals surface area contributed by atoms with Gasteiger partial charge in [-0.3, -0.25) is 15.0 Å². The van der Waals surface area contributed by atoms with Crippen molar-refractivity contribution in [2.75, 3.05) is 38.3 Å². The number of hydrogen-bond donors (Lipinski definition) is 0. The highest BCUT2D eigenvalue weighted by molar-refractivity contribution is 5.66. The smallest absolute Gasteiger partial charge is 0.292 e. The van der Waals surface area contributed by atoms with Crippen LogP contribution >= 0.6 is 0 Å². The van der Waals surface area contributed by atoms with Gasteiger partial charge in [0.15, 0.2) is 0 Å². The zero-order chi connectivity index (χ0) is 18.8. The van der Waals surface area contributed by atoms with Crippen molar-refractivity contribution in [3.05, 3.63) is 64.2 Å². The van der Waals surface area contributed by atoms with E-state index in [1.165, 1.54) is 11.6 Å². The predicted molar refractivity (Wildman–Crippen MR) is 102 cm³/mol. The minimum Gasteiger partial charge on any atom is -0.497 e. The zero-order valence-corrected chi connectivity index (χ0v) is 15.3. The second-order valence-corrected chi connectivity index (χ2v) is 6.95. The van der Waals surface area contributed by atoms with Crippen molar-refractivity contribution in [2.45, 2.75) is 18.7 Å². The normalized spacial score (nSPS) is 22.5. The lowest BCUT2D eigenvalue weighted by atomic mass is 10.1. The number of rotatable bonds is 5. The maximum absolute atomic E-state index is 11.5. The molecule has 2 aromatic carbocycles. The van der Waals surface area contributed by atoms with E-state index in [4.69, 9.17) is 9.47 Å². The molecule has 2 aliphatic heterocycles. The number of ether oxygens (including phenoxy) is 2. The first-order valence-electron chi connectivity index (χ1n) is 9.12. The van der Waals surface area contributed by atoms with Crippen LogP contribution in [0.3, 0.4) is 0 Å². The first-order valence-corrected chi connectivity index (χ1v) is 9.12. The molecular formula is C20H23N3O4. The fourth-order valence-electron chi connectivity index (χ4n) is 4.01. The molecule has 0 saturated carbocycles. The molecule has 0 spiro atoms. The molecule has 0 aliphatic carbocycles. The molecule has 0 bridgehead atoms. The Morgan fingerprint density at radius 2 is 2.04 bits per heavy atom. The number of fused-ring (bicyclic) bond motifs is 1. The number of morpholine rings is 1. The van der Waals surface area contributed by atoms with Crippen LogP contribution in [0.2, 0.25) is 0 Å². The molecule has 0 N–H and O–H groups in total. The lowest BCUT2D eigenvalue weighted by Gasteiger charge is -2.36. The minimum absolute atomic E-state index is 0.0493. The van der Waals surface area contributed by atoms with Crippen LogP contribution in [0.1, 0.15) is 5.56 Å². The summed E-state index contributed by atoms with van der Waals surface area (Å²) in [6.45, 7) is 3.75. The molecule has 7 heteroatoms. The quantitative estimate of drug-likeness (QED) is 0.596. The van der Waals surface area contributed by atoms with Gasteiger partial charge in [-0.15, -0.1) is 0 Å². The molecule has 0 unspecified atom stereocenters. The zero-order valence-electron chi connectivity index (χ0n) is 15.3. The van der Waals surface area contributed by atoms with Crippen LogP contribution in [0.4, 0.5) is 11.4 Å². The van der Waals surface area contributed by atoms with Crippen LogP contribution in [-0.4, -0.2) is 55.3 Å². The molecule has 0 aromatic heterocycles. The van der Waals surface area contributed by atoms with Crippen LogP contribution in [-0.2, 0) is 11.3 Å². The van der Waals surface area contributed by atoms with E-state index in [-0.39, 0.29) is 22.8 Å². The number of hydrogen-bond acceptors (Lipinski definition) is 6. The fraction of sp³-hybridized carbons (Fsp3) is 0.400. The molecule has 2 saturated heterocycles. The van der Waals surface area contributed by atoms with Gasteiger partial charge in [-0.1, -0.05) is 30.3 Å². The number of methoxy groups -OCH3 is 1. The molecule has 142 valence electrons. The monoisotopic (exact) mass is 369 g/mol. The van der Waals surface area contributed by atoms with Crippen LogP contribution < -0.4 is 9.64 Å². The summed E-state index contributed by atoms with van der Waals surface area (Å²) in [4.78, 5) is 15.6. The standard InChI is InChI=1S/C20H23N3O4/c1-26-16-7-8-17(23(24)25)18(11-16)22-13-19-20(14-22)27-10-9-21(19)12-15-5-3-2-4-6-15/h2-8,11,19-20H,9-10,12-14H2,1H3/t19-,20-/m1/s1. The van der Waals surface area contributed by atoms with E-state index in [9.17, 15) is 10.1 Å². The van der Waals surface area contributed by atoms with Crippen molar-refractivity contribution < 1.29 is 14.4 Å². The Balaban J connectivity index is 1.57. The van der Waals surface area contributed by atoms with Crippen LogP contribution in [0.25, 0.3) is 0 Å². The van der Waals surface area contributed by atoms with Gasteiger partial charge in [-0.2, -0.15) is 0 Å². The van der Waals surface area contributed by atoms with Crippen molar-refractivity contribution >= 4 is 11.4 Å². The van der Waals surface area contributed by atoms with E-state index in [1.54, 1.807) is 19.2 Å². The summed E-state index contributed by atoms with van der Waals surface area (Å²) in [6, 6.07) is 15.5. The summed E-state index contributed by atoms with van der Waals surface area (Å²) in [7, 11) is 1.57. The number of benzene rings is 2. The van der Waals surface area contributed by atoms with Gasteiger partial charge in [0.1, 0.15) is 11.4 Å². The molecule has 27 heavy (non-hydrogen) atoms. The Labute approximate surface area is 158 Å². The second kappa shape index (κ2) is 7.54. The van der Waals surface area contributed by atoms with Gasteiger partial charge in [0, 0.05) is 38.3 Å². The van der Waals surface area contributed by atoms with Crippen LogP contribution in [0.5, 0.6) is 5.75 Å². The van der Waals surface area contributed by atoms with Gasteiger partial charge >= 0.3 is 0 Å². The van der Waals surface area contributed by atoms with E-state index in [0.717, 1.165) is 13.1 Å². The van der Waals surface area contributed by atoms with Crippen molar-refractivity contribution in [1.82, 2.24) is 4.90 Å². The summed E-state index contributed by atoms with van der Waals surface area (Å²) in [5, 5.41) is 11.5. The van der Waals surface area contributed by atoms with Crippen LogP contribution in [0.15, 0.2) is 48.5 Å². The van der Waals surface area contributed by atoms with Crippen molar-refractivity contribution in [3.63, 3.8) is 0 Å². The number of anilines is 1. The van der Waals surface area contributed by atoms with E-state index in [2.05, 4.69) is 21.9 Å². The lowest BCUT2D eigenvalue weighted by molar-refractivity contribution is -0.384. The summed E-state index contributed by atoms with van der Waals surface area (Å²) >= 11 is 0. The number of nitro benzene ring substituents is 1. The van der Waals surface area contributed by atoms with E-state index in [0.29, 0.717) is 31.1 Å². The maximum Gasteiger partial charge on any atom is 0.292 e. The van der Waals surface area contributed by atoms with Crippen molar-refractivity contribution in [2.24, 2.45) is 0 Å². The van der Waals surface area contributed by atoms with Gasteiger partial charge < -0.3 is 14.4 Å². The lowest BCUT2D eigenvalue weighted by Crippen LogP contribution is -2.50. The summed E-state index contributed by atoms with van der Waals surface area (Å²) in [6.07, 6.45) is 0.0493. The molecule has 7 nitrogen and oxygen atoms in total. The largest absolute Gasteiger partial charge is 0.497 e. The molecule has 2 atom stereocenters. The predicted octanol–water partition coefficient (Wildman–Crippen LogP) is 2.69. The Bertz CT molecular complexity index is 814. The van der Waals surface area contributed by atoms with Gasteiger partial charge in [-0.05, 0) is 11.6 Å². The van der Waals surface area contributed by atoms with Crippen molar-refractivity contribution in [1.29, 1.82) is 0 Å². The average molecular weight is 369 g/mol. The van der Waals surface area contributed by atoms with Crippen molar-refractivity contribution in [3.8, 4) is 5.75 Å². The SMILES string of the molecule is COc1ccc([N+](=O)[O-])c(N2C[C@@H]3[C@@H](C2)OCCN3Cc2ccccc2)c1. The topological polar surface area (TPSA) is 68.1 Å². The second-order valence-electron chi connectivity index (χ2n) is 6.95. The first kappa shape index (κ1) is 17.8. The van der Waals surface area contributed by atoms with E-state index < -0.39 is 0 Å². The third-order valence-electron chi connectivity index (χ3n) is 5.36. The third kappa shape index (κ3) is 3.61.